The van der Waals surface area contributed by atoms with Crippen LogP contribution in [-0.4, -0.2) is 57.4 Å². The molecular formula is C32H40N6O2S. The number of anilines is 2. The van der Waals surface area contributed by atoms with Crippen LogP contribution in [0.3, 0.4) is 0 Å². The molecule has 8 nitrogen and oxygen atoms in total. The van der Waals surface area contributed by atoms with Gasteiger partial charge in [-0.1, -0.05) is 0 Å². The van der Waals surface area contributed by atoms with Gasteiger partial charge in [-0.3, -0.25) is 4.98 Å². The Bertz CT molecular complexity index is 1320. The number of fused-ring (bicyclic) bond motifs is 1. The number of aliphatic hydroxyl groups is 1. The van der Waals surface area contributed by atoms with Gasteiger partial charge in [0.1, 0.15) is 16.3 Å². The molecule has 3 aromatic heterocycles. The monoisotopic (exact) mass is 572 g/mol. The fraction of sp³-hybridized carbons (Fsp3) is 0.500. The fourth-order valence-corrected chi connectivity index (χ4v) is 6.55. The summed E-state index contributed by atoms with van der Waals surface area (Å²) >= 11 is 1.70. The molecule has 9 heteroatoms. The van der Waals surface area contributed by atoms with Crippen molar-refractivity contribution < 1.29 is 9.84 Å². The third kappa shape index (κ3) is 7.54. The third-order valence-electron chi connectivity index (χ3n) is 7.82. The zero-order chi connectivity index (χ0) is 29.9. The number of aromatic nitrogens is 4. The molecule has 0 saturated heterocycles. The van der Waals surface area contributed by atoms with Gasteiger partial charge >= 0.3 is 0 Å². The second kappa shape index (κ2) is 15.4. The molecule has 0 bridgehead atoms. The van der Waals surface area contributed by atoms with Gasteiger partial charge in [0.25, 0.3) is 0 Å². The van der Waals surface area contributed by atoms with E-state index in [1.54, 1.807) is 18.4 Å². The van der Waals surface area contributed by atoms with Crippen LogP contribution in [-0.2, 0) is 4.74 Å². The summed E-state index contributed by atoms with van der Waals surface area (Å²) in [4.78, 5) is 19.5. The molecule has 3 aliphatic carbocycles. The lowest BCUT2D eigenvalue weighted by atomic mass is 9.82. The number of thiazole rings is 1. The van der Waals surface area contributed by atoms with E-state index in [-0.39, 0.29) is 6.61 Å². The Morgan fingerprint density at radius 3 is 2.34 bits per heavy atom. The summed E-state index contributed by atoms with van der Waals surface area (Å²) in [5, 5.41) is 17.8. The summed E-state index contributed by atoms with van der Waals surface area (Å²) in [5.41, 5.74) is 4.06. The van der Waals surface area contributed by atoms with Crippen LogP contribution in [0.15, 0.2) is 12.3 Å². The molecule has 3 aromatic rings. The minimum atomic E-state index is 0.249. The largest absolute Gasteiger partial charge is 0.396 e. The molecular weight excluding hydrogens is 532 g/mol. The van der Waals surface area contributed by atoms with E-state index in [9.17, 15) is 5.11 Å². The number of methoxy groups -OCH3 is 1. The number of aryl methyl sites for hydroxylation is 1. The van der Waals surface area contributed by atoms with Crippen molar-refractivity contribution in [2.24, 2.45) is 11.8 Å². The summed E-state index contributed by atoms with van der Waals surface area (Å²) < 4.78 is 6.59. The SMILES string of the molecule is C#C.C#C.C#C.COC1CC(CNc2nc(C)c(-c3nc4c(C5CC5)nccc4s3)c(N[C@H]3CC[C@@H](CO)C3)n2)C1. The molecule has 216 valence electrons. The number of pyridine rings is 1. The molecule has 6 rings (SSSR count). The molecule has 3 fully saturated rings. The molecule has 0 unspecified atom stereocenters. The van der Waals surface area contributed by atoms with Crippen molar-refractivity contribution in [3.05, 3.63) is 23.7 Å². The standard InChI is InChI=1S/C26H34N6O2S.3C2H2/c1-14-21(25-31-23-20(35-25)7-8-27-22(23)17-4-5-17)24(30-18-6-3-15(9-18)13-33)32-26(29-14)28-12-16-10-19(11-16)34-2;3*1-2/h7-8,15-19,33H,3-6,9-13H2,1-2H3,(H2,28,29,30,32);3*1-2H/t15-,16?,18+,19?;;;/m1.../s1. The summed E-state index contributed by atoms with van der Waals surface area (Å²) in [5.74, 6) is 3.00. The van der Waals surface area contributed by atoms with E-state index < -0.39 is 0 Å². The predicted molar refractivity (Wildman–Crippen MR) is 169 cm³/mol. The van der Waals surface area contributed by atoms with Gasteiger partial charge in [-0.05, 0) is 69.8 Å². The van der Waals surface area contributed by atoms with Gasteiger partial charge in [0.2, 0.25) is 5.95 Å². The zero-order valence-corrected chi connectivity index (χ0v) is 24.7. The van der Waals surface area contributed by atoms with Crippen LogP contribution in [0.2, 0.25) is 0 Å². The average molecular weight is 573 g/mol. The maximum atomic E-state index is 9.63. The van der Waals surface area contributed by atoms with Gasteiger partial charge < -0.3 is 20.5 Å². The van der Waals surface area contributed by atoms with Crippen molar-refractivity contribution in [3.8, 4) is 49.1 Å². The molecule has 3 heterocycles. The van der Waals surface area contributed by atoms with Crippen LogP contribution in [0.1, 0.15) is 62.3 Å². The van der Waals surface area contributed by atoms with E-state index in [0.717, 1.165) is 71.9 Å². The Kier molecular flexibility index (Phi) is 11.9. The van der Waals surface area contributed by atoms with Gasteiger partial charge in [0.05, 0.1) is 27.8 Å². The Labute approximate surface area is 248 Å². The summed E-state index contributed by atoms with van der Waals surface area (Å²) in [7, 11) is 1.79. The number of nitrogens with one attached hydrogen (secondary N) is 2. The highest BCUT2D eigenvalue weighted by atomic mass is 32.1. The van der Waals surface area contributed by atoms with Crippen molar-refractivity contribution in [2.45, 2.75) is 69.9 Å². The van der Waals surface area contributed by atoms with E-state index in [0.29, 0.717) is 35.8 Å². The van der Waals surface area contributed by atoms with Gasteiger partial charge in [0, 0.05) is 38.4 Å². The molecule has 3 N–H and O–H groups in total. The van der Waals surface area contributed by atoms with E-state index in [1.165, 1.54) is 17.5 Å². The second-order valence-corrected chi connectivity index (χ2v) is 11.5. The van der Waals surface area contributed by atoms with Crippen LogP contribution in [0.4, 0.5) is 11.8 Å². The number of rotatable bonds is 9. The number of terminal acetylenes is 3. The lowest BCUT2D eigenvalue weighted by molar-refractivity contribution is 0.00559. The predicted octanol–water partition coefficient (Wildman–Crippen LogP) is 5.49. The molecule has 41 heavy (non-hydrogen) atoms. The van der Waals surface area contributed by atoms with Crippen LogP contribution < -0.4 is 10.6 Å². The minimum Gasteiger partial charge on any atom is -0.396 e. The van der Waals surface area contributed by atoms with Gasteiger partial charge in [-0.2, -0.15) is 4.98 Å². The number of nitrogens with zero attached hydrogens (tertiary/aromatic N) is 4. The lowest BCUT2D eigenvalue weighted by Crippen LogP contribution is -2.35. The maximum Gasteiger partial charge on any atom is 0.224 e. The van der Waals surface area contributed by atoms with Crippen molar-refractivity contribution in [1.29, 1.82) is 0 Å². The number of aliphatic hydroxyl groups excluding tert-OH is 1. The van der Waals surface area contributed by atoms with Gasteiger partial charge in [-0.15, -0.1) is 49.9 Å². The van der Waals surface area contributed by atoms with E-state index in [1.807, 2.05) is 6.20 Å². The molecule has 0 amide bonds. The minimum absolute atomic E-state index is 0.249. The fourth-order valence-electron chi connectivity index (χ4n) is 5.48. The maximum absolute atomic E-state index is 9.63. The van der Waals surface area contributed by atoms with Gasteiger partial charge in [0.15, 0.2) is 0 Å². The molecule has 3 aliphatic rings. The second-order valence-electron chi connectivity index (χ2n) is 10.5. The van der Waals surface area contributed by atoms with Crippen molar-refractivity contribution in [1.82, 2.24) is 19.9 Å². The van der Waals surface area contributed by atoms with E-state index in [4.69, 9.17) is 19.7 Å². The van der Waals surface area contributed by atoms with Crippen LogP contribution >= 0.6 is 11.3 Å². The van der Waals surface area contributed by atoms with Gasteiger partial charge in [-0.25, -0.2) is 9.97 Å². The van der Waals surface area contributed by atoms with Crippen LogP contribution in [0.5, 0.6) is 0 Å². The molecule has 0 radical (unpaired) electrons. The molecule has 0 aliphatic heterocycles. The number of hydrogen-bond acceptors (Lipinski definition) is 9. The average Bonchev–Trinajstić information content (AvgIpc) is 3.58. The van der Waals surface area contributed by atoms with Crippen molar-refractivity contribution >= 4 is 33.3 Å². The van der Waals surface area contributed by atoms with Crippen molar-refractivity contribution in [2.75, 3.05) is 30.9 Å². The highest BCUT2D eigenvalue weighted by Crippen LogP contribution is 2.44. The summed E-state index contributed by atoms with van der Waals surface area (Å²) in [6.07, 6.45) is 33.9. The first-order valence-corrected chi connectivity index (χ1v) is 14.7. The quantitative estimate of drug-likeness (QED) is 0.289. The van der Waals surface area contributed by atoms with Crippen LogP contribution in [0, 0.1) is 57.3 Å². The van der Waals surface area contributed by atoms with Crippen molar-refractivity contribution in [3.63, 3.8) is 0 Å². The first kappa shape index (κ1) is 31.8. The molecule has 0 spiro atoms. The highest BCUT2D eigenvalue weighted by molar-refractivity contribution is 7.21. The number of ether oxygens (including phenoxy) is 1. The Hall–Kier alpha value is -3.68. The first-order valence-electron chi connectivity index (χ1n) is 13.9. The van der Waals surface area contributed by atoms with Crippen LogP contribution in [0.25, 0.3) is 20.8 Å². The Morgan fingerprint density at radius 2 is 1.71 bits per heavy atom. The first-order chi connectivity index (χ1) is 20.1. The molecule has 0 aromatic carbocycles. The number of hydrogen-bond donors (Lipinski definition) is 3. The molecule has 2 atom stereocenters. The Balaban J connectivity index is 0.000000725. The smallest absolute Gasteiger partial charge is 0.224 e. The highest BCUT2D eigenvalue weighted by Gasteiger charge is 2.31. The van der Waals surface area contributed by atoms with E-state index >= 15 is 0 Å². The summed E-state index contributed by atoms with van der Waals surface area (Å²) in [6, 6.07) is 2.36. The topological polar surface area (TPSA) is 105 Å². The molecule has 3 saturated carbocycles. The summed E-state index contributed by atoms with van der Waals surface area (Å²) in [6.45, 7) is 3.15. The lowest BCUT2D eigenvalue weighted by Gasteiger charge is -2.34. The third-order valence-corrected chi connectivity index (χ3v) is 8.86. The zero-order valence-electron chi connectivity index (χ0n) is 23.9. The Morgan fingerprint density at radius 1 is 0.976 bits per heavy atom. The van der Waals surface area contributed by atoms with E-state index in [2.05, 4.69) is 67.1 Å². The normalized spacial score (nSPS) is 22.5.